The smallest absolute Gasteiger partial charge is 0.338 e. The molecule has 10 heteroatoms. The van der Waals surface area contributed by atoms with Crippen molar-refractivity contribution in [3.63, 3.8) is 0 Å². The molecule has 0 N–H and O–H groups in total. The van der Waals surface area contributed by atoms with Crippen LogP contribution in [0.15, 0.2) is 29.2 Å². The Kier molecular flexibility index (Phi) is 8.98. The summed E-state index contributed by atoms with van der Waals surface area (Å²) in [5.41, 5.74) is 0.278. The molecule has 0 atom stereocenters. The third-order valence-electron chi connectivity index (χ3n) is 5.11. The first kappa shape index (κ1) is 24.3. The molecule has 0 radical (unpaired) electrons. The maximum atomic E-state index is 12.9. The summed E-state index contributed by atoms with van der Waals surface area (Å²) in [6, 6.07) is 9.60. The molecule has 0 spiro atoms. The van der Waals surface area contributed by atoms with Crippen molar-refractivity contribution in [1.82, 2.24) is 9.21 Å². The average Bonchev–Trinajstić information content (AvgIpc) is 2.79. The van der Waals surface area contributed by atoms with Crippen LogP contribution >= 0.6 is 0 Å². The van der Waals surface area contributed by atoms with Gasteiger partial charge in [0.25, 0.3) is 0 Å². The van der Waals surface area contributed by atoms with Crippen molar-refractivity contribution < 1.29 is 22.7 Å². The standard InChI is InChI=1S/C21H26N4O5S/c1-2-30-21(27)18-5-7-19(8-6-18)31(28,29)25-15-9-17(10-16-25)20(26)24(13-3-11-22)14-4-12-23/h5-8,17H,2-4,9-10,13-16H2,1H3. The lowest BCUT2D eigenvalue weighted by Gasteiger charge is -2.33. The number of hydrogen-bond donors (Lipinski definition) is 0. The molecule has 1 aromatic rings. The molecule has 1 aliphatic heterocycles. The van der Waals surface area contributed by atoms with E-state index in [9.17, 15) is 18.0 Å². The summed E-state index contributed by atoms with van der Waals surface area (Å²) in [5.74, 6) is -0.987. The first-order valence-corrected chi connectivity index (χ1v) is 11.6. The number of ether oxygens (including phenoxy) is 1. The second-order valence-electron chi connectivity index (χ2n) is 7.06. The van der Waals surface area contributed by atoms with Gasteiger partial charge in [0, 0.05) is 32.1 Å². The van der Waals surface area contributed by atoms with E-state index in [4.69, 9.17) is 15.3 Å². The van der Waals surface area contributed by atoms with Crippen molar-refractivity contribution in [2.24, 2.45) is 5.92 Å². The van der Waals surface area contributed by atoms with Gasteiger partial charge in [-0.1, -0.05) is 0 Å². The van der Waals surface area contributed by atoms with Gasteiger partial charge in [-0.2, -0.15) is 14.8 Å². The Morgan fingerprint density at radius 2 is 1.65 bits per heavy atom. The zero-order chi connectivity index (χ0) is 22.9. The maximum Gasteiger partial charge on any atom is 0.338 e. The number of benzene rings is 1. The third kappa shape index (κ3) is 6.27. The zero-order valence-electron chi connectivity index (χ0n) is 17.5. The molecule has 1 saturated heterocycles. The van der Waals surface area contributed by atoms with E-state index >= 15 is 0 Å². The van der Waals surface area contributed by atoms with Crippen LogP contribution in [0.2, 0.25) is 0 Å². The van der Waals surface area contributed by atoms with Crippen LogP contribution in [-0.2, 0) is 19.6 Å². The largest absolute Gasteiger partial charge is 0.462 e. The van der Waals surface area contributed by atoms with Crippen LogP contribution in [0.25, 0.3) is 0 Å². The molecule has 0 aliphatic carbocycles. The first-order valence-electron chi connectivity index (χ1n) is 10.1. The summed E-state index contributed by atoms with van der Waals surface area (Å²) in [6.45, 7) is 2.85. The molecule has 1 aliphatic rings. The van der Waals surface area contributed by atoms with E-state index < -0.39 is 16.0 Å². The first-order chi connectivity index (χ1) is 14.8. The number of hydrogen-bond acceptors (Lipinski definition) is 7. The average molecular weight is 447 g/mol. The minimum Gasteiger partial charge on any atom is -0.462 e. The van der Waals surface area contributed by atoms with Gasteiger partial charge in [-0.3, -0.25) is 4.79 Å². The van der Waals surface area contributed by atoms with Gasteiger partial charge in [-0.15, -0.1) is 0 Å². The molecular formula is C21H26N4O5S. The molecular weight excluding hydrogens is 420 g/mol. The second kappa shape index (κ2) is 11.4. The number of nitrogens with zero attached hydrogens (tertiary/aromatic N) is 4. The van der Waals surface area contributed by atoms with Gasteiger partial charge in [0.15, 0.2) is 0 Å². The van der Waals surface area contributed by atoms with Crippen LogP contribution in [0.3, 0.4) is 0 Å². The summed E-state index contributed by atoms with van der Waals surface area (Å²) in [4.78, 5) is 26.1. The van der Waals surface area contributed by atoms with Crippen molar-refractivity contribution in [3.8, 4) is 12.1 Å². The normalized spacial score (nSPS) is 14.9. The van der Waals surface area contributed by atoms with Gasteiger partial charge < -0.3 is 9.64 Å². The number of esters is 1. The third-order valence-corrected chi connectivity index (χ3v) is 7.02. The minimum absolute atomic E-state index is 0.0787. The molecule has 1 heterocycles. The summed E-state index contributed by atoms with van der Waals surface area (Å²) in [6.07, 6.45) is 1.11. The van der Waals surface area contributed by atoms with Gasteiger partial charge in [0.2, 0.25) is 15.9 Å². The molecule has 0 aromatic heterocycles. The van der Waals surface area contributed by atoms with Gasteiger partial charge in [0.1, 0.15) is 0 Å². The van der Waals surface area contributed by atoms with Crippen LogP contribution < -0.4 is 0 Å². The topological polar surface area (TPSA) is 132 Å². The number of nitriles is 2. The van der Waals surface area contributed by atoms with Gasteiger partial charge in [-0.05, 0) is 44.0 Å². The molecule has 9 nitrogen and oxygen atoms in total. The van der Waals surface area contributed by atoms with Crippen LogP contribution in [0.5, 0.6) is 0 Å². The molecule has 0 saturated carbocycles. The van der Waals surface area contributed by atoms with E-state index in [-0.39, 0.29) is 67.9 Å². The SMILES string of the molecule is CCOC(=O)c1ccc(S(=O)(=O)N2CCC(C(=O)N(CCC#N)CCC#N)CC2)cc1. The molecule has 166 valence electrons. The van der Waals surface area contributed by atoms with E-state index in [1.54, 1.807) is 6.92 Å². The fraction of sp³-hybridized carbons (Fsp3) is 0.524. The second-order valence-corrected chi connectivity index (χ2v) is 9.00. The Hall–Kier alpha value is -2.95. The number of piperidine rings is 1. The Morgan fingerprint density at radius 3 is 2.13 bits per heavy atom. The fourth-order valence-electron chi connectivity index (χ4n) is 3.43. The van der Waals surface area contributed by atoms with Crippen LogP contribution in [-0.4, -0.2) is 62.3 Å². The number of carbonyl (C=O) groups excluding carboxylic acids is 2. The highest BCUT2D eigenvalue weighted by atomic mass is 32.2. The lowest BCUT2D eigenvalue weighted by Crippen LogP contribution is -2.44. The Labute approximate surface area is 182 Å². The number of sulfonamides is 1. The fourth-order valence-corrected chi connectivity index (χ4v) is 4.90. The number of carbonyl (C=O) groups is 2. The molecule has 2 rings (SSSR count). The summed E-state index contributed by atoms with van der Waals surface area (Å²) in [5, 5.41) is 17.6. The van der Waals surface area contributed by atoms with Crippen molar-refractivity contribution in [2.45, 2.75) is 37.5 Å². The quantitative estimate of drug-likeness (QED) is 0.529. The highest BCUT2D eigenvalue weighted by molar-refractivity contribution is 7.89. The summed E-state index contributed by atoms with van der Waals surface area (Å²) < 4.78 is 32.1. The van der Waals surface area contributed by atoms with E-state index in [1.165, 1.54) is 33.5 Å². The molecule has 1 amide bonds. The Balaban J connectivity index is 2.02. The molecule has 0 bridgehead atoms. The monoisotopic (exact) mass is 446 g/mol. The van der Waals surface area contributed by atoms with E-state index in [0.29, 0.717) is 12.8 Å². The summed E-state index contributed by atoms with van der Waals surface area (Å²) >= 11 is 0. The van der Waals surface area contributed by atoms with Crippen molar-refractivity contribution in [3.05, 3.63) is 29.8 Å². The van der Waals surface area contributed by atoms with E-state index in [2.05, 4.69) is 0 Å². The van der Waals surface area contributed by atoms with E-state index in [0.717, 1.165) is 0 Å². The minimum atomic E-state index is -3.74. The molecule has 1 aromatic carbocycles. The Bertz CT molecular complexity index is 937. The predicted octanol–water partition coefficient (Wildman–Crippen LogP) is 1.92. The maximum absolute atomic E-state index is 12.9. The van der Waals surface area contributed by atoms with Crippen LogP contribution in [0.1, 0.15) is 43.0 Å². The lowest BCUT2D eigenvalue weighted by atomic mass is 9.96. The lowest BCUT2D eigenvalue weighted by molar-refractivity contribution is -0.136. The predicted molar refractivity (Wildman–Crippen MR) is 111 cm³/mol. The zero-order valence-corrected chi connectivity index (χ0v) is 18.3. The van der Waals surface area contributed by atoms with Crippen molar-refractivity contribution >= 4 is 21.9 Å². The van der Waals surface area contributed by atoms with Gasteiger partial charge >= 0.3 is 5.97 Å². The summed E-state index contributed by atoms with van der Waals surface area (Å²) in [7, 11) is -3.74. The Morgan fingerprint density at radius 1 is 1.10 bits per heavy atom. The van der Waals surface area contributed by atoms with Gasteiger partial charge in [0.05, 0.1) is 42.0 Å². The number of rotatable bonds is 9. The van der Waals surface area contributed by atoms with Crippen LogP contribution in [0.4, 0.5) is 0 Å². The van der Waals surface area contributed by atoms with Crippen molar-refractivity contribution in [2.75, 3.05) is 32.8 Å². The van der Waals surface area contributed by atoms with Crippen molar-refractivity contribution in [1.29, 1.82) is 10.5 Å². The molecule has 31 heavy (non-hydrogen) atoms. The highest BCUT2D eigenvalue weighted by Gasteiger charge is 2.33. The van der Waals surface area contributed by atoms with Crippen LogP contribution in [0, 0.1) is 28.6 Å². The molecule has 1 fully saturated rings. The van der Waals surface area contributed by atoms with E-state index in [1.807, 2.05) is 12.1 Å². The molecule has 0 unspecified atom stereocenters. The highest BCUT2D eigenvalue weighted by Crippen LogP contribution is 2.25. The van der Waals surface area contributed by atoms with Gasteiger partial charge in [-0.25, -0.2) is 13.2 Å². The number of amides is 1.